The van der Waals surface area contributed by atoms with Gasteiger partial charge in [-0.1, -0.05) is 43.2 Å². The van der Waals surface area contributed by atoms with Gasteiger partial charge in [0, 0.05) is 43.8 Å². The largest absolute Gasteiger partial charge is 0.337 e. The van der Waals surface area contributed by atoms with E-state index in [9.17, 15) is 18.4 Å². The number of nitrogens with one attached hydrogen (secondary N) is 1. The molecule has 1 saturated carbocycles. The van der Waals surface area contributed by atoms with Crippen molar-refractivity contribution in [2.75, 3.05) is 25.0 Å². The summed E-state index contributed by atoms with van der Waals surface area (Å²) in [6, 6.07) is 11.5. The molecule has 0 bridgehead atoms. The Morgan fingerprint density at radius 3 is 2.51 bits per heavy atom. The van der Waals surface area contributed by atoms with Crippen molar-refractivity contribution < 1.29 is 18.4 Å². The van der Waals surface area contributed by atoms with Crippen molar-refractivity contribution in [3.8, 4) is 0 Å². The van der Waals surface area contributed by atoms with Crippen molar-refractivity contribution >= 4 is 23.6 Å². The number of amides is 2. The van der Waals surface area contributed by atoms with Crippen LogP contribution in [0.4, 0.5) is 14.5 Å². The number of hydrogen-bond acceptors (Lipinski definition) is 3. The number of anilines is 1. The molecular weight excluding hydrogens is 448 g/mol. The summed E-state index contributed by atoms with van der Waals surface area (Å²) in [6.07, 6.45) is 5.40. The van der Waals surface area contributed by atoms with Gasteiger partial charge in [-0.15, -0.1) is 0 Å². The third-order valence-electron chi connectivity index (χ3n) is 7.13. The molecule has 0 unspecified atom stereocenters. The van der Waals surface area contributed by atoms with Gasteiger partial charge >= 0.3 is 0 Å². The number of carbonyl (C=O) groups is 2. The van der Waals surface area contributed by atoms with E-state index in [1.54, 1.807) is 37.3 Å². The fourth-order valence-corrected chi connectivity index (χ4v) is 5.12. The van der Waals surface area contributed by atoms with E-state index in [2.05, 4.69) is 17.1 Å². The summed E-state index contributed by atoms with van der Waals surface area (Å²) < 4.78 is 28.9. The highest BCUT2D eigenvalue weighted by Crippen LogP contribution is 2.29. The second-order valence-corrected chi connectivity index (χ2v) is 9.69. The van der Waals surface area contributed by atoms with Crippen LogP contribution >= 0.6 is 0 Å². The average Bonchev–Trinajstić information content (AvgIpc) is 3.37. The Balaban J connectivity index is 1.41. The van der Waals surface area contributed by atoms with Gasteiger partial charge in [0.05, 0.1) is 0 Å². The number of piperazine rings is 1. The molecule has 1 saturated heterocycles. The molecule has 0 radical (unpaired) electrons. The highest BCUT2D eigenvalue weighted by Gasteiger charge is 2.33. The van der Waals surface area contributed by atoms with Crippen LogP contribution < -0.4 is 5.32 Å². The molecular formula is C28H33F2N3O2. The SMILES string of the molecule is Cc1c(CN2CCN(C(=O)C3CCCC3)[C@@H](C)C2)cc(F)cc1NC(=O)/C(F)=C/c1ccccc1. The number of nitrogens with zero attached hydrogens (tertiary/aromatic N) is 2. The van der Waals surface area contributed by atoms with Crippen LogP contribution in [-0.4, -0.2) is 47.3 Å². The van der Waals surface area contributed by atoms with Crippen LogP contribution in [0.25, 0.3) is 6.08 Å². The monoisotopic (exact) mass is 481 g/mol. The zero-order valence-electron chi connectivity index (χ0n) is 20.4. The van der Waals surface area contributed by atoms with E-state index in [-0.39, 0.29) is 23.6 Å². The van der Waals surface area contributed by atoms with Crippen LogP contribution in [0.1, 0.15) is 49.3 Å². The Hall–Kier alpha value is -3.06. The Morgan fingerprint density at radius 1 is 1.11 bits per heavy atom. The van der Waals surface area contributed by atoms with Gasteiger partial charge in [0.25, 0.3) is 5.91 Å². The molecule has 186 valence electrons. The molecule has 0 spiro atoms. The summed E-state index contributed by atoms with van der Waals surface area (Å²) in [5.74, 6) is -1.92. The second-order valence-electron chi connectivity index (χ2n) is 9.69. The van der Waals surface area contributed by atoms with Crippen molar-refractivity contribution in [2.45, 2.75) is 52.1 Å². The summed E-state index contributed by atoms with van der Waals surface area (Å²) in [4.78, 5) is 29.5. The molecule has 4 rings (SSSR count). The Morgan fingerprint density at radius 2 is 1.83 bits per heavy atom. The first-order valence-electron chi connectivity index (χ1n) is 12.4. The maximum absolute atomic E-state index is 14.4. The topological polar surface area (TPSA) is 52.6 Å². The van der Waals surface area contributed by atoms with Gasteiger partial charge in [0.15, 0.2) is 5.83 Å². The predicted octanol–water partition coefficient (Wildman–Crippen LogP) is 5.31. The number of benzene rings is 2. The van der Waals surface area contributed by atoms with E-state index in [4.69, 9.17) is 0 Å². The summed E-state index contributed by atoms with van der Waals surface area (Å²) in [5, 5.41) is 2.52. The molecule has 2 fully saturated rings. The van der Waals surface area contributed by atoms with Crippen molar-refractivity contribution in [2.24, 2.45) is 5.92 Å². The number of rotatable bonds is 6. The second kappa shape index (κ2) is 11.1. The van der Waals surface area contributed by atoms with Crippen LogP contribution in [0.3, 0.4) is 0 Å². The molecule has 2 aromatic carbocycles. The first kappa shape index (κ1) is 25.0. The molecule has 5 nitrogen and oxygen atoms in total. The third-order valence-corrected chi connectivity index (χ3v) is 7.13. The van der Waals surface area contributed by atoms with E-state index < -0.39 is 17.6 Å². The lowest BCUT2D eigenvalue weighted by molar-refractivity contribution is -0.140. The van der Waals surface area contributed by atoms with Gasteiger partial charge < -0.3 is 10.2 Å². The molecule has 1 atom stereocenters. The Labute approximate surface area is 205 Å². The van der Waals surface area contributed by atoms with E-state index in [0.717, 1.165) is 37.3 Å². The lowest BCUT2D eigenvalue weighted by Crippen LogP contribution is -2.54. The van der Waals surface area contributed by atoms with Crippen molar-refractivity contribution in [3.63, 3.8) is 0 Å². The van der Waals surface area contributed by atoms with E-state index in [1.165, 1.54) is 12.1 Å². The van der Waals surface area contributed by atoms with Crippen molar-refractivity contribution in [3.05, 3.63) is 70.8 Å². The zero-order chi connectivity index (χ0) is 24.9. The lowest BCUT2D eigenvalue weighted by atomic mass is 10.0. The highest BCUT2D eigenvalue weighted by atomic mass is 19.1. The van der Waals surface area contributed by atoms with E-state index >= 15 is 0 Å². The van der Waals surface area contributed by atoms with Crippen LogP contribution in [0, 0.1) is 18.7 Å². The molecule has 2 amide bonds. The van der Waals surface area contributed by atoms with Gasteiger partial charge in [-0.3, -0.25) is 14.5 Å². The molecule has 0 aromatic heterocycles. The first-order chi connectivity index (χ1) is 16.8. The zero-order valence-corrected chi connectivity index (χ0v) is 20.4. The summed E-state index contributed by atoms with van der Waals surface area (Å²) >= 11 is 0. The third kappa shape index (κ3) is 6.14. The Bertz CT molecular complexity index is 1100. The smallest absolute Gasteiger partial charge is 0.284 e. The van der Waals surface area contributed by atoms with E-state index in [0.29, 0.717) is 37.3 Å². The maximum atomic E-state index is 14.4. The quantitative estimate of drug-likeness (QED) is 0.570. The summed E-state index contributed by atoms with van der Waals surface area (Å²) in [7, 11) is 0. The first-order valence-corrected chi connectivity index (χ1v) is 12.4. The molecule has 1 aliphatic heterocycles. The predicted molar refractivity (Wildman–Crippen MR) is 134 cm³/mol. The standard InChI is InChI=1S/C28H33F2N3O2/c1-19-17-32(12-13-33(19)28(35)22-10-6-7-11-22)18-23-15-24(29)16-26(20(23)2)31-27(34)25(30)14-21-8-4-3-5-9-21/h3-5,8-9,14-16,19,22H,6-7,10-13,17-18H2,1-2H3,(H,31,34)/b25-14-/t19-/m0/s1. The molecule has 35 heavy (non-hydrogen) atoms. The Kier molecular flexibility index (Phi) is 7.96. The van der Waals surface area contributed by atoms with Crippen molar-refractivity contribution in [1.29, 1.82) is 0 Å². The minimum Gasteiger partial charge on any atom is -0.337 e. The lowest BCUT2D eigenvalue weighted by Gasteiger charge is -2.41. The number of carbonyl (C=O) groups excluding carboxylic acids is 2. The number of hydrogen-bond donors (Lipinski definition) is 1. The minimum absolute atomic E-state index is 0.0853. The van der Waals surface area contributed by atoms with Gasteiger partial charge in [-0.2, -0.15) is 0 Å². The molecule has 2 aromatic rings. The van der Waals surface area contributed by atoms with Gasteiger partial charge in [0.1, 0.15) is 5.82 Å². The number of halogens is 2. The summed E-state index contributed by atoms with van der Waals surface area (Å²) in [6.45, 7) is 6.41. The maximum Gasteiger partial charge on any atom is 0.284 e. The van der Waals surface area contributed by atoms with Crippen LogP contribution in [0.2, 0.25) is 0 Å². The molecule has 1 aliphatic carbocycles. The normalized spacial score (nSPS) is 19.7. The molecule has 7 heteroatoms. The van der Waals surface area contributed by atoms with Crippen molar-refractivity contribution in [1.82, 2.24) is 9.80 Å². The minimum atomic E-state index is -0.946. The van der Waals surface area contributed by atoms with Gasteiger partial charge in [0.2, 0.25) is 5.91 Å². The molecule has 2 aliphatic rings. The van der Waals surface area contributed by atoms with Crippen LogP contribution in [-0.2, 0) is 16.1 Å². The summed E-state index contributed by atoms with van der Waals surface area (Å²) in [5.41, 5.74) is 2.25. The van der Waals surface area contributed by atoms with Crippen LogP contribution in [0.5, 0.6) is 0 Å². The van der Waals surface area contributed by atoms with Gasteiger partial charge in [-0.25, -0.2) is 8.78 Å². The van der Waals surface area contributed by atoms with Crippen LogP contribution in [0.15, 0.2) is 48.3 Å². The fraction of sp³-hybridized carbons (Fsp3) is 0.429. The van der Waals surface area contributed by atoms with Gasteiger partial charge in [-0.05, 0) is 61.6 Å². The van der Waals surface area contributed by atoms with E-state index in [1.807, 2.05) is 4.90 Å². The highest BCUT2D eigenvalue weighted by molar-refractivity contribution is 6.05. The molecule has 1 N–H and O–H groups in total. The average molecular weight is 482 g/mol. The fourth-order valence-electron chi connectivity index (χ4n) is 5.12. The molecule has 1 heterocycles.